The molecule has 0 saturated heterocycles. The molecule has 0 saturated carbocycles. The first-order valence-corrected chi connectivity index (χ1v) is 9.69. The maximum atomic E-state index is 10.1. The van der Waals surface area contributed by atoms with E-state index in [0.717, 1.165) is 18.4 Å². The van der Waals surface area contributed by atoms with Crippen molar-refractivity contribution in [1.82, 2.24) is 0 Å². The summed E-state index contributed by atoms with van der Waals surface area (Å²) >= 11 is 0. The smallest absolute Gasteiger partial charge is 0.118 e. The van der Waals surface area contributed by atoms with E-state index in [1.807, 2.05) is 12.1 Å². The SMILES string of the molecule is C=C(CCCCCCC)c1ccc(O)c(CCCCCCC)c1. The number of phenols is 1. The van der Waals surface area contributed by atoms with Crippen molar-refractivity contribution in [2.24, 2.45) is 0 Å². The number of aryl methyl sites for hydroxylation is 1. The van der Waals surface area contributed by atoms with E-state index in [4.69, 9.17) is 0 Å². The summed E-state index contributed by atoms with van der Waals surface area (Å²) in [4.78, 5) is 0. The number of rotatable bonds is 13. The summed E-state index contributed by atoms with van der Waals surface area (Å²) in [6.07, 6.45) is 14.9. The third kappa shape index (κ3) is 8.25. The summed E-state index contributed by atoms with van der Waals surface area (Å²) in [5.41, 5.74) is 3.52. The summed E-state index contributed by atoms with van der Waals surface area (Å²) in [6.45, 7) is 8.74. The second kappa shape index (κ2) is 12.2. The molecule has 0 radical (unpaired) electrons. The molecule has 1 aromatic carbocycles. The van der Waals surface area contributed by atoms with E-state index in [0.29, 0.717) is 5.75 Å². The number of aromatic hydroxyl groups is 1. The van der Waals surface area contributed by atoms with Crippen LogP contribution in [0.2, 0.25) is 0 Å². The molecule has 23 heavy (non-hydrogen) atoms. The van der Waals surface area contributed by atoms with Crippen LogP contribution in [0.25, 0.3) is 5.57 Å². The van der Waals surface area contributed by atoms with Gasteiger partial charge < -0.3 is 5.11 Å². The van der Waals surface area contributed by atoms with Gasteiger partial charge in [-0.3, -0.25) is 0 Å². The number of unbranched alkanes of at least 4 members (excludes halogenated alkanes) is 8. The van der Waals surface area contributed by atoms with Crippen molar-refractivity contribution >= 4 is 5.57 Å². The average Bonchev–Trinajstić information content (AvgIpc) is 2.55. The Hall–Kier alpha value is -1.24. The van der Waals surface area contributed by atoms with Crippen LogP contribution in [-0.4, -0.2) is 5.11 Å². The largest absolute Gasteiger partial charge is 0.508 e. The van der Waals surface area contributed by atoms with Crippen molar-refractivity contribution in [3.05, 3.63) is 35.9 Å². The van der Waals surface area contributed by atoms with Gasteiger partial charge in [-0.2, -0.15) is 0 Å². The third-order valence-corrected chi connectivity index (χ3v) is 4.62. The van der Waals surface area contributed by atoms with Crippen LogP contribution in [0.3, 0.4) is 0 Å². The molecule has 0 fully saturated rings. The van der Waals surface area contributed by atoms with Gasteiger partial charge in [0.15, 0.2) is 0 Å². The highest BCUT2D eigenvalue weighted by atomic mass is 16.3. The monoisotopic (exact) mass is 316 g/mol. The van der Waals surface area contributed by atoms with Crippen molar-refractivity contribution < 1.29 is 5.11 Å². The molecule has 1 nitrogen and oxygen atoms in total. The van der Waals surface area contributed by atoms with Gasteiger partial charge in [0.1, 0.15) is 5.75 Å². The van der Waals surface area contributed by atoms with Gasteiger partial charge in [-0.05, 0) is 54.5 Å². The van der Waals surface area contributed by atoms with Gasteiger partial charge >= 0.3 is 0 Å². The van der Waals surface area contributed by atoms with Gasteiger partial charge in [-0.15, -0.1) is 0 Å². The zero-order valence-corrected chi connectivity index (χ0v) is 15.4. The van der Waals surface area contributed by atoms with Gasteiger partial charge in [-0.1, -0.05) is 77.9 Å². The van der Waals surface area contributed by atoms with Gasteiger partial charge in [-0.25, -0.2) is 0 Å². The van der Waals surface area contributed by atoms with Crippen LogP contribution >= 0.6 is 0 Å². The first-order valence-electron chi connectivity index (χ1n) is 9.69. The van der Waals surface area contributed by atoms with Crippen molar-refractivity contribution in [3.8, 4) is 5.75 Å². The second-order valence-electron chi connectivity index (χ2n) is 6.78. The molecule has 0 aliphatic carbocycles. The Bertz CT molecular complexity index is 447. The third-order valence-electron chi connectivity index (χ3n) is 4.62. The average molecular weight is 317 g/mol. The molecular weight excluding hydrogens is 280 g/mol. The molecule has 1 rings (SSSR count). The summed E-state index contributed by atoms with van der Waals surface area (Å²) in [5.74, 6) is 0.444. The predicted molar refractivity (Wildman–Crippen MR) is 103 cm³/mol. The first-order chi connectivity index (χ1) is 11.2. The van der Waals surface area contributed by atoms with Gasteiger partial charge in [0.2, 0.25) is 0 Å². The van der Waals surface area contributed by atoms with E-state index >= 15 is 0 Å². The Balaban J connectivity index is 2.43. The minimum Gasteiger partial charge on any atom is -0.508 e. The highest BCUT2D eigenvalue weighted by molar-refractivity contribution is 5.65. The van der Waals surface area contributed by atoms with Crippen molar-refractivity contribution in [3.63, 3.8) is 0 Å². The van der Waals surface area contributed by atoms with Crippen molar-refractivity contribution in [2.45, 2.75) is 90.9 Å². The Morgan fingerprint density at radius 1 is 0.870 bits per heavy atom. The molecule has 1 aromatic rings. The summed E-state index contributed by atoms with van der Waals surface area (Å²) in [7, 11) is 0. The Morgan fingerprint density at radius 3 is 2.13 bits per heavy atom. The standard InChI is InChI=1S/C22H36O/c1-4-6-8-10-12-14-19(3)20-16-17-22(23)21(18-20)15-13-11-9-7-5-2/h16-18,23H,3-15H2,1-2H3. The maximum Gasteiger partial charge on any atom is 0.118 e. The molecule has 1 N–H and O–H groups in total. The molecule has 1 heteroatoms. The van der Waals surface area contributed by atoms with Crippen LogP contribution < -0.4 is 0 Å². The van der Waals surface area contributed by atoms with E-state index in [1.54, 1.807) is 0 Å². The number of phenolic OH excluding ortho intramolecular Hbond substituents is 1. The zero-order valence-electron chi connectivity index (χ0n) is 15.4. The van der Waals surface area contributed by atoms with E-state index in [1.165, 1.54) is 75.3 Å². The molecule has 0 spiro atoms. The highest BCUT2D eigenvalue weighted by Crippen LogP contribution is 2.27. The van der Waals surface area contributed by atoms with Crippen LogP contribution in [0.5, 0.6) is 5.75 Å². The van der Waals surface area contributed by atoms with Crippen molar-refractivity contribution in [1.29, 1.82) is 0 Å². The quantitative estimate of drug-likeness (QED) is 0.379. The molecule has 0 bridgehead atoms. The van der Waals surface area contributed by atoms with E-state index in [9.17, 15) is 5.11 Å². The molecular formula is C22H36O. The zero-order chi connectivity index (χ0) is 16.9. The van der Waals surface area contributed by atoms with Crippen LogP contribution in [0.1, 0.15) is 95.6 Å². The van der Waals surface area contributed by atoms with Crippen molar-refractivity contribution in [2.75, 3.05) is 0 Å². The lowest BCUT2D eigenvalue weighted by molar-refractivity contribution is 0.466. The summed E-state index contributed by atoms with van der Waals surface area (Å²) < 4.78 is 0. The summed E-state index contributed by atoms with van der Waals surface area (Å²) in [5, 5.41) is 10.1. The van der Waals surface area contributed by atoms with E-state index in [2.05, 4.69) is 26.5 Å². The van der Waals surface area contributed by atoms with Gasteiger partial charge in [0.05, 0.1) is 0 Å². The minimum absolute atomic E-state index is 0.444. The Morgan fingerprint density at radius 2 is 1.48 bits per heavy atom. The molecule has 0 amide bonds. The minimum atomic E-state index is 0.444. The first kappa shape index (κ1) is 19.8. The number of hydrogen-bond acceptors (Lipinski definition) is 1. The topological polar surface area (TPSA) is 20.2 Å². The van der Waals surface area contributed by atoms with Gasteiger partial charge in [0, 0.05) is 0 Å². The lowest BCUT2D eigenvalue weighted by atomic mass is 9.96. The van der Waals surface area contributed by atoms with Crippen LogP contribution in [0.4, 0.5) is 0 Å². The predicted octanol–water partition coefficient (Wildman–Crippen LogP) is 7.28. The van der Waals surface area contributed by atoms with Crippen LogP contribution in [0, 0.1) is 0 Å². The fourth-order valence-electron chi connectivity index (χ4n) is 3.01. The Kier molecular flexibility index (Phi) is 10.5. The molecule has 0 aliphatic heterocycles. The van der Waals surface area contributed by atoms with Crippen LogP contribution in [-0.2, 0) is 6.42 Å². The number of hydrogen-bond donors (Lipinski definition) is 1. The lowest BCUT2D eigenvalue weighted by Crippen LogP contribution is -1.91. The number of benzene rings is 1. The molecule has 0 aromatic heterocycles. The molecule has 0 heterocycles. The van der Waals surface area contributed by atoms with E-state index < -0.39 is 0 Å². The van der Waals surface area contributed by atoms with Gasteiger partial charge in [0.25, 0.3) is 0 Å². The fourth-order valence-corrected chi connectivity index (χ4v) is 3.01. The normalized spacial score (nSPS) is 10.9. The summed E-state index contributed by atoms with van der Waals surface area (Å²) in [6, 6.07) is 6.02. The molecule has 0 unspecified atom stereocenters. The molecule has 0 atom stereocenters. The highest BCUT2D eigenvalue weighted by Gasteiger charge is 2.06. The Labute approximate surface area is 143 Å². The van der Waals surface area contributed by atoms with E-state index in [-0.39, 0.29) is 0 Å². The number of allylic oxidation sites excluding steroid dienone is 1. The molecule has 130 valence electrons. The molecule has 0 aliphatic rings. The van der Waals surface area contributed by atoms with Crippen LogP contribution in [0.15, 0.2) is 24.8 Å². The maximum absolute atomic E-state index is 10.1. The lowest BCUT2D eigenvalue weighted by Gasteiger charge is -2.10. The second-order valence-corrected chi connectivity index (χ2v) is 6.78. The fraction of sp³-hybridized carbons (Fsp3) is 0.636.